The van der Waals surface area contributed by atoms with Gasteiger partial charge in [-0.25, -0.2) is 4.99 Å². The number of nitrogens with two attached hydrogens (primary N) is 1. The summed E-state index contributed by atoms with van der Waals surface area (Å²) in [4.78, 5) is 16.3. The molecule has 0 radical (unpaired) electrons. The van der Waals surface area contributed by atoms with Crippen LogP contribution in [0.2, 0.25) is 0 Å². The number of hydrogen-bond donors (Lipinski definition) is 3. The molecule has 6 heteroatoms. The van der Waals surface area contributed by atoms with Crippen molar-refractivity contribution >= 4 is 47.2 Å². The minimum atomic E-state index is 0. The zero-order valence-electron chi connectivity index (χ0n) is 16.4. The molecule has 0 saturated carbocycles. The monoisotopic (exact) mass is 480 g/mol. The van der Waals surface area contributed by atoms with E-state index in [2.05, 4.69) is 29.5 Å². The molecule has 4 N–H and O–H groups in total. The zero-order chi connectivity index (χ0) is 19.1. The number of aryl methyl sites for hydroxylation is 2. The lowest BCUT2D eigenvalue weighted by molar-refractivity contribution is -0.116. The number of amides is 1. The maximum absolute atomic E-state index is 11.9. The van der Waals surface area contributed by atoms with Gasteiger partial charge in [0.2, 0.25) is 5.91 Å². The summed E-state index contributed by atoms with van der Waals surface area (Å²) >= 11 is 0. The topological polar surface area (TPSA) is 79.5 Å². The maximum Gasteiger partial charge on any atom is 0.224 e. The van der Waals surface area contributed by atoms with Crippen LogP contribution in [0.3, 0.4) is 0 Å². The molecule has 0 unspecified atom stereocenters. The predicted molar refractivity (Wildman–Crippen MR) is 125 cm³/mol. The van der Waals surface area contributed by atoms with Gasteiger partial charge in [-0.1, -0.05) is 32.0 Å². The lowest BCUT2D eigenvalue weighted by Crippen LogP contribution is -2.22. The van der Waals surface area contributed by atoms with Gasteiger partial charge in [0.1, 0.15) is 0 Å². The molecule has 0 atom stereocenters. The molecule has 27 heavy (non-hydrogen) atoms. The molecule has 5 nitrogen and oxygen atoms in total. The van der Waals surface area contributed by atoms with E-state index < -0.39 is 0 Å². The van der Waals surface area contributed by atoms with Crippen molar-refractivity contribution in [2.24, 2.45) is 16.6 Å². The highest BCUT2D eigenvalue weighted by Crippen LogP contribution is 2.15. The Bertz CT molecular complexity index is 803. The van der Waals surface area contributed by atoms with E-state index in [-0.39, 0.29) is 29.9 Å². The van der Waals surface area contributed by atoms with E-state index in [1.807, 2.05) is 56.3 Å². The van der Waals surface area contributed by atoms with Crippen molar-refractivity contribution in [3.8, 4) is 0 Å². The van der Waals surface area contributed by atoms with Crippen LogP contribution in [0.15, 0.2) is 47.5 Å². The normalized spacial score (nSPS) is 11.1. The number of hydrogen-bond acceptors (Lipinski definition) is 2. The van der Waals surface area contributed by atoms with Crippen molar-refractivity contribution in [2.75, 3.05) is 10.6 Å². The van der Waals surface area contributed by atoms with Gasteiger partial charge in [-0.2, -0.15) is 0 Å². The molecule has 146 valence electrons. The van der Waals surface area contributed by atoms with E-state index in [0.29, 0.717) is 24.8 Å². The van der Waals surface area contributed by atoms with Gasteiger partial charge < -0.3 is 16.4 Å². The number of guanidine groups is 1. The number of aliphatic imine (C=N–C) groups is 1. The number of anilines is 2. The van der Waals surface area contributed by atoms with Crippen LogP contribution in [0.1, 0.15) is 37.0 Å². The third-order valence-corrected chi connectivity index (χ3v) is 4.02. The molecule has 0 saturated heterocycles. The van der Waals surface area contributed by atoms with Crippen molar-refractivity contribution < 1.29 is 4.79 Å². The fourth-order valence-corrected chi connectivity index (χ4v) is 2.51. The second kappa shape index (κ2) is 10.9. The summed E-state index contributed by atoms with van der Waals surface area (Å²) in [6.45, 7) is 8.63. The summed E-state index contributed by atoms with van der Waals surface area (Å²) in [5.74, 6) is 0.720. The van der Waals surface area contributed by atoms with Gasteiger partial charge in [0.25, 0.3) is 0 Å². The van der Waals surface area contributed by atoms with Gasteiger partial charge in [0.05, 0.1) is 6.54 Å². The highest BCUT2D eigenvalue weighted by molar-refractivity contribution is 14.0. The Morgan fingerprint density at radius 3 is 2.41 bits per heavy atom. The molecule has 0 fully saturated rings. The van der Waals surface area contributed by atoms with Crippen LogP contribution in [-0.2, 0) is 11.3 Å². The number of halogens is 1. The SMILES string of the molecule is Cc1ccc(NC(N)=NCc2cccc(NC(=O)CC(C)C)c2)cc1C.I. The van der Waals surface area contributed by atoms with Crippen LogP contribution in [-0.4, -0.2) is 11.9 Å². The second-order valence-electron chi connectivity index (χ2n) is 6.97. The standard InChI is InChI=1S/C21H28N4O.HI/c1-14(2)10-20(26)24-18-7-5-6-17(12-18)13-23-21(22)25-19-9-8-15(3)16(4)11-19;/h5-9,11-12,14H,10,13H2,1-4H3,(H,24,26)(H3,22,23,25);1H. The molecule has 2 aromatic rings. The molecule has 0 aliphatic rings. The zero-order valence-corrected chi connectivity index (χ0v) is 18.7. The molecular formula is C21H29IN4O. The predicted octanol–water partition coefficient (Wildman–Crippen LogP) is 4.83. The van der Waals surface area contributed by atoms with Crippen LogP contribution >= 0.6 is 24.0 Å². The Morgan fingerprint density at radius 2 is 1.74 bits per heavy atom. The van der Waals surface area contributed by atoms with Gasteiger partial charge in [-0.3, -0.25) is 4.79 Å². The fraction of sp³-hybridized carbons (Fsp3) is 0.333. The summed E-state index contributed by atoms with van der Waals surface area (Å²) in [5.41, 5.74) is 11.1. The molecule has 0 spiro atoms. The van der Waals surface area contributed by atoms with E-state index in [1.54, 1.807) is 0 Å². The Morgan fingerprint density at radius 1 is 1.04 bits per heavy atom. The highest BCUT2D eigenvalue weighted by atomic mass is 127. The second-order valence-corrected chi connectivity index (χ2v) is 6.97. The first kappa shape index (κ1) is 23.0. The quantitative estimate of drug-likeness (QED) is 0.315. The third kappa shape index (κ3) is 7.99. The number of carbonyl (C=O) groups excluding carboxylic acids is 1. The molecule has 0 aliphatic carbocycles. The first-order valence-electron chi connectivity index (χ1n) is 8.86. The number of benzene rings is 2. The van der Waals surface area contributed by atoms with Crippen LogP contribution in [0.5, 0.6) is 0 Å². The summed E-state index contributed by atoms with van der Waals surface area (Å²) in [6, 6.07) is 13.7. The minimum absolute atomic E-state index is 0. The minimum Gasteiger partial charge on any atom is -0.370 e. The van der Waals surface area contributed by atoms with Crippen molar-refractivity contribution in [2.45, 2.75) is 40.7 Å². The lowest BCUT2D eigenvalue weighted by atomic mass is 10.1. The summed E-state index contributed by atoms with van der Waals surface area (Å²) in [6.07, 6.45) is 0.509. The maximum atomic E-state index is 11.9. The molecule has 0 aromatic heterocycles. The van der Waals surface area contributed by atoms with E-state index in [0.717, 1.165) is 16.9 Å². The van der Waals surface area contributed by atoms with Crippen molar-refractivity contribution in [1.29, 1.82) is 0 Å². The highest BCUT2D eigenvalue weighted by Gasteiger charge is 2.05. The number of nitrogens with zero attached hydrogens (tertiary/aromatic N) is 1. The van der Waals surface area contributed by atoms with Gasteiger partial charge in [-0.05, 0) is 60.7 Å². The van der Waals surface area contributed by atoms with Gasteiger partial charge in [-0.15, -0.1) is 24.0 Å². The fourth-order valence-electron chi connectivity index (χ4n) is 2.51. The summed E-state index contributed by atoms with van der Waals surface area (Å²) in [7, 11) is 0. The molecule has 2 aromatic carbocycles. The number of rotatable bonds is 6. The molecule has 0 aliphatic heterocycles. The van der Waals surface area contributed by atoms with Crippen molar-refractivity contribution in [3.63, 3.8) is 0 Å². The van der Waals surface area contributed by atoms with Crippen LogP contribution < -0.4 is 16.4 Å². The molecule has 2 rings (SSSR count). The molecular weight excluding hydrogens is 451 g/mol. The molecule has 0 bridgehead atoms. The Labute approximate surface area is 178 Å². The molecule has 0 heterocycles. The van der Waals surface area contributed by atoms with Gasteiger partial charge in [0.15, 0.2) is 5.96 Å². The van der Waals surface area contributed by atoms with Crippen molar-refractivity contribution in [1.82, 2.24) is 0 Å². The number of carbonyl (C=O) groups is 1. The average Bonchev–Trinajstić information content (AvgIpc) is 2.56. The summed E-state index contributed by atoms with van der Waals surface area (Å²) < 4.78 is 0. The van der Waals surface area contributed by atoms with E-state index >= 15 is 0 Å². The van der Waals surface area contributed by atoms with Crippen LogP contribution in [0.25, 0.3) is 0 Å². The first-order chi connectivity index (χ1) is 12.3. The lowest BCUT2D eigenvalue weighted by Gasteiger charge is -2.09. The van der Waals surface area contributed by atoms with Crippen LogP contribution in [0, 0.1) is 19.8 Å². The Kier molecular flexibility index (Phi) is 9.28. The van der Waals surface area contributed by atoms with Crippen molar-refractivity contribution in [3.05, 3.63) is 59.2 Å². The third-order valence-electron chi connectivity index (χ3n) is 4.02. The Hall–Kier alpha value is -2.09. The number of nitrogens with one attached hydrogen (secondary N) is 2. The average molecular weight is 480 g/mol. The molecule has 1 amide bonds. The summed E-state index contributed by atoms with van der Waals surface area (Å²) in [5, 5.41) is 6.02. The Balaban J connectivity index is 0.00000364. The van der Waals surface area contributed by atoms with E-state index in [1.165, 1.54) is 11.1 Å². The largest absolute Gasteiger partial charge is 0.370 e. The van der Waals surface area contributed by atoms with E-state index in [9.17, 15) is 4.79 Å². The van der Waals surface area contributed by atoms with Crippen LogP contribution in [0.4, 0.5) is 11.4 Å². The first-order valence-corrected chi connectivity index (χ1v) is 8.86. The smallest absolute Gasteiger partial charge is 0.224 e. The van der Waals surface area contributed by atoms with Gasteiger partial charge >= 0.3 is 0 Å². The van der Waals surface area contributed by atoms with Gasteiger partial charge in [0, 0.05) is 17.8 Å². The van der Waals surface area contributed by atoms with E-state index in [4.69, 9.17) is 5.73 Å².